The normalized spacial score (nSPS) is 16.0. The summed E-state index contributed by atoms with van der Waals surface area (Å²) in [6, 6.07) is 12.0. The molecule has 1 aliphatic rings. The molecule has 1 atom stereocenters. The smallest absolute Gasteiger partial charge is 0.203 e. The molecule has 2 aromatic carbocycles. The molecule has 35 heavy (non-hydrogen) atoms. The molecule has 0 amide bonds. The standard InChI is InChI=1S/C28H37NO5Si/c1-28(2,3)35(7,8)34-14-13-20-19-11-9-10-12-21(19)29-22(17-23(30)26(20)29)18-15-24(31-4)27(33-6)25(16-18)32-5/h9-12,15-16,22H,13-14,17H2,1-8H3/t22-/m1/s1. The van der Waals surface area contributed by atoms with E-state index in [1.54, 1.807) is 21.3 Å². The van der Waals surface area contributed by atoms with E-state index < -0.39 is 8.32 Å². The Kier molecular flexibility index (Phi) is 6.77. The predicted molar refractivity (Wildman–Crippen MR) is 142 cm³/mol. The summed E-state index contributed by atoms with van der Waals surface area (Å²) < 4.78 is 25.4. The number of carbonyl (C=O) groups excluding carboxylic acids is 1. The molecule has 1 aromatic heterocycles. The molecule has 0 bridgehead atoms. The second kappa shape index (κ2) is 9.35. The summed E-state index contributed by atoms with van der Waals surface area (Å²) >= 11 is 0. The highest BCUT2D eigenvalue weighted by molar-refractivity contribution is 6.74. The first-order valence-corrected chi connectivity index (χ1v) is 15.0. The summed E-state index contributed by atoms with van der Waals surface area (Å²) in [5.74, 6) is 1.87. The molecule has 0 aliphatic carbocycles. The number of Topliss-reactive ketones (excluding diaryl/α,β-unsaturated/α-hetero) is 1. The highest BCUT2D eigenvalue weighted by Crippen LogP contribution is 2.45. The highest BCUT2D eigenvalue weighted by atomic mass is 28.4. The van der Waals surface area contributed by atoms with Crippen LogP contribution in [-0.4, -0.2) is 46.6 Å². The zero-order valence-corrected chi connectivity index (χ0v) is 23.2. The van der Waals surface area contributed by atoms with Gasteiger partial charge in [0.05, 0.1) is 33.1 Å². The third-order valence-electron chi connectivity index (χ3n) is 7.66. The molecule has 0 saturated heterocycles. The van der Waals surface area contributed by atoms with E-state index in [1.807, 2.05) is 24.3 Å². The molecule has 2 heterocycles. The first-order valence-electron chi connectivity index (χ1n) is 12.1. The molecule has 0 fully saturated rings. The van der Waals surface area contributed by atoms with Crippen LogP contribution in [0.3, 0.4) is 0 Å². The zero-order chi connectivity index (χ0) is 25.5. The first kappa shape index (κ1) is 25.3. The Morgan fingerprint density at radius 2 is 1.63 bits per heavy atom. The van der Waals surface area contributed by atoms with Gasteiger partial charge in [-0.15, -0.1) is 0 Å². The number of nitrogens with zero attached hydrogens (tertiary/aromatic N) is 1. The largest absolute Gasteiger partial charge is 0.493 e. The van der Waals surface area contributed by atoms with E-state index >= 15 is 0 Å². The summed E-state index contributed by atoms with van der Waals surface area (Å²) in [7, 11) is 2.93. The summed E-state index contributed by atoms with van der Waals surface area (Å²) in [5.41, 5.74) is 3.90. The number of rotatable bonds is 8. The van der Waals surface area contributed by atoms with Gasteiger partial charge in [0.2, 0.25) is 5.75 Å². The Balaban J connectivity index is 1.78. The van der Waals surface area contributed by atoms with Crippen molar-refractivity contribution in [2.45, 2.75) is 57.8 Å². The lowest BCUT2D eigenvalue weighted by molar-refractivity contribution is 0.0990. The number of ketones is 1. The van der Waals surface area contributed by atoms with Crippen LogP contribution >= 0.6 is 0 Å². The Morgan fingerprint density at radius 1 is 1.00 bits per heavy atom. The van der Waals surface area contributed by atoms with Crippen LogP contribution in [0.5, 0.6) is 17.2 Å². The van der Waals surface area contributed by atoms with Crippen LogP contribution in [0, 0.1) is 0 Å². The lowest BCUT2D eigenvalue weighted by Crippen LogP contribution is -2.41. The van der Waals surface area contributed by atoms with Crippen LogP contribution < -0.4 is 14.2 Å². The number of benzene rings is 2. The van der Waals surface area contributed by atoms with Gasteiger partial charge in [-0.25, -0.2) is 0 Å². The molecule has 0 N–H and O–H groups in total. The van der Waals surface area contributed by atoms with Gasteiger partial charge < -0.3 is 23.2 Å². The fourth-order valence-corrected chi connectivity index (χ4v) is 5.81. The number of fused-ring (bicyclic) bond motifs is 3. The van der Waals surface area contributed by atoms with Crippen LogP contribution in [0.25, 0.3) is 10.9 Å². The van der Waals surface area contributed by atoms with Gasteiger partial charge >= 0.3 is 0 Å². The average Bonchev–Trinajstić information content (AvgIpc) is 3.33. The maximum absolute atomic E-state index is 13.5. The molecule has 0 unspecified atom stereocenters. The number of ether oxygens (including phenoxy) is 3. The molecule has 7 heteroatoms. The summed E-state index contributed by atoms with van der Waals surface area (Å²) in [5, 5.41) is 1.26. The Labute approximate surface area is 209 Å². The predicted octanol–water partition coefficient (Wildman–Crippen LogP) is 6.41. The minimum atomic E-state index is -1.88. The van der Waals surface area contributed by atoms with E-state index in [-0.39, 0.29) is 16.9 Å². The summed E-state index contributed by atoms with van der Waals surface area (Å²) in [6.07, 6.45) is 1.11. The van der Waals surface area contributed by atoms with Gasteiger partial charge in [-0.3, -0.25) is 4.79 Å². The van der Waals surface area contributed by atoms with Gasteiger partial charge in [0.25, 0.3) is 0 Å². The highest BCUT2D eigenvalue weighted by Gasteiger charge is 2.38. The molecule has 1 aliphatic heterocycles. The Morgan fingerprint density at radius 3 is 2.20 bits per heavy atom. The van der Waals surface area contributed by atoms with Crippen molar-refractivity contribution in [1.29, 1.82) is 0 Å². The van der Waals surface area contributed by atoms with E-state index in [9.17, 15) is 4.79 Å². The SMILES string of the molecule is COc1cc([C@H]2CC(=O)c3c(CCO[Si](C)(C)C(C)(C)C)c4ccccc4n32)cc(OC)c1OC. The number of carbonyl (C=O) groups is 1. The molecule has 188 valence electrons. The van der Waals surface area contributed by atoms with E-state index in [1.165, 1.54) is 0 Å². The van der Waals surface area contributed by atoms with Crippen LogP contribution in [0.15, 0.2) is 36.4 Å². The topological polar surface area (TPSA) is 58.9 Å². The Bertz CT molecular complexity index is 1230. The lowest BCUT2D eigenvalue weighted by atomic mass is 10.00. The van der Waals surface area contributed by atoms with Gasteiger partial charge in [0.15, 0.2) is 25.6 Å². The van der Waals surface area contributed by atoms with Crippen molar-refractivity contribution in [1.82, 2.24) is 4.57 Å². The second-order valence-electron chi connectivity index (χ2n) is 10.7. The van der Waals surface area contributed by atoms with Crippen molar-refractivity contribution in [3.8, 4) is 17.2 Å². The van der Waals surface area contributed by atoms with Crippen molar-refractivity contribution in [3.05, 3.63) is 53.2 Å². The van der Waals surface area contributed by atoms with E-state index in [2.05, 4.69) is 50.6 Å². The third kappa shape index (κ3) is 4.36. The van der Waals surface area contributed by atoms with Crippen LogP contribution in [-0.2, 0) is 10.8 Å². The molecule has 6 nitrogen and oxygen atoms in total. The molecule has 0 radical (unpaired) electrons. The lowest BCUT2D eigenvalue weighted by Gasteiger charge is -2.36. The van der Waals surface area contributed by atoms with Gasteiger partial charge in [0, 0.05) is 23.9 Å². The van der Waals surface area contributed by atoms with Crippen molar-refractivity contribution < 1.29 is 23.4 Å². The molecule has 3 aromatic rings. The molecule has 0 spiro atoms. The van der Waals surface area contributed by atoms with Crippen molar-refractivity contribution in [3.63, 3.8) is 0 Å². The van der Waals surface area contributed by atoms with Crippen LogP contribution in [0.4, 0.5) is 0 Å². The fraction of sp³-hybridized carbons (Fsp3) is 0.464. The van der Waals surface area contributed by atoms with Crippen molar-refractivity contribution in [2.24, 2.45) is 0 Å². The average molecular weight is 496 g/mol. The third-order valence-corrected chi connectivity index (χ3v) is 12.2. The summed E-state index contributed by atoms with van der Waals surface area (Å²) in [4.78, 5) is 13.5. The zero-order valence-electron chi connectivity index (χ0n) is 22.2. The van der Waals surface area contributed by atoms with Crippen molar-refractivity contribution >= 4 is 25.0 Å². The van der Waals surface area contributed by atoms with E-state index in [0.717, 1.165) is 27.7 Å². The van der Waals surface area contributed by atoms with Crippen LogP contribution in [0.1, 0.15) is 54.8 Å². The molecule has 0 saturated carbocycles. The number of hydrogen-bond donors (Lipinski definition) is 0. The van der Waals surface area contributed by atoms with Crippen LogP contribution in [0.2, 0.25) is 18.1 Å². The van der Waals surface area contributed by atoms with E-state index in [0.29, 0.717) is 36.7 Å². The monoisotopic (exact) mass is 495 g/mol. The number of methoxy groups -OCH3 is 3. The fourth-order valence-electron chi connectivity index (χ4n) is 4.76. The maximum Gasteiger partial charge on any atom is 0.203 e. The quantitative estimate of drug-likeness (QED) is 0.338. The van der Waals surface area contributed by atoms with Gasteiger partial charge in [0.1, 0.15) is 0 Å². The van der Waals surface area contributed by atoms with Gasteiger partial charge in [-0.1, -0.05) is 39.0 Å². The molecule has 4 rings (SSSR count). The van der Waals surface area contributed by atoms with E-state index in [4.69, 9.17) is 18.6 Å². The van der Waals surface area contributed by atoms with Crippen molar-refractivity contribution in [2.75, 3.05) is 27.9 Å². The minimum Gasteiger partial charge on any atom is -0.493 e. The van der Waals surface area contributed by atoms with Gasteiger partial charge in [-0.2, -0.15) is 0 Å². The second-order valence-corrected chi connectivity index (χ2v) is 15.5. The van der Waals surface area contributed by atoms with Gasteiger partial charge in [-0.05, 0) is 53.9 Å². The number of hydrogen-bond acceptors (Lipinski definition) is 5. The molecular weight excluding hydrogens is 458 g/mol. The maximum atomic E-state index is 13.5. The summed E-state index contributed by atoms with van der Waals surface area (Å²) in [6.45, 7) is 11.9. The minimum absolute atomic E-state index is 0.144. The molecular formula is C28H37NO5Si. The Hall–Kier alpha value is -2.77. The number of para-hydroxylation sites is 1. The first-order chi connectivity index (χ1) is 16.5. The number of aromatic nitrogens is 1.